The number of benzene rings is 1. The Balaban J connectivity index is 2.71. The van der Waals surface area contributed by atoms with Crippen LogP contribution in [0.5, 0.6) is 5.75 Å². The maximum Gasteiger partial charge on any atom is 0.153 e. The Morgan fingerprint density at radius 2 is 1.94 bits per heavy atom. The Morgan fingerprint density at radius 1 is 1.29 bits per heavy atom. The maximum absolute atomic E-state index is 11.3. The summed E-state index contributed by atoms with van der Waals surface area (Å²) >= 11 is 0. The lowest BCUT2D eigenvalue weighted by molar-refractivity contribution is 0.340. The van der Waals surface area contributed by atoms with Crippen molar-refractivity contribution in [2.24, 2.45) is 0 Å². The fourth-order valence-corrected chi connectivity index (χ4v) is 2.23. The molecular weight excluding hydrogens is 238 g/mol. The van der Waals surface area contributed by atoms with Crippen molar-refractivity contribution in [3.63, 3.8) is 0 Å². The van der Waals surface area contributed by atoms with E-state index in [-0.39, 0.29) is 18.1 Å². The lowest BCUT2D eigenvalue weighted by Crippen LogP contribution is -2.16. The molecular formula is C12H19NO3S. The highest BCUT2D eigenvalue weighted by molar-refractivity contribution is 7.91. The largest absolute Gasteiger partial charge is 0.490 e. The second-order valence-electron chi connectivity index (χ2n) is 4.09. The zero-order valence-electron chi connectivity index (χ0n) is 10.5. The summed E-state index contributed by atoms with van der Waals surface area (Å²) in [5.41, 5.74) is 8.37. The van der Waals surface area contributed by atoms with E-state index in [1.807, 2.05) is 26.0 Å². The van der Waals surface area contributed by atoms with Crippen molar-refractivity contribution in [2.45, 2.75) is 20.8 Å². The van der Waals surface area contributed by atoms with Crippen molar-refractivity contribution >= 4 is 15.5 Å². The molecule has 1 aromatic rings. The first-order chi connectivity index (χ1) is 7.85. The first kappa shape index (κ1) is 13.8. The monoisotopic (exact) mass is 257 g/mol. The Hall–Kier alpha value is -1.23. The third-order valence-corrected chi connectivity index (χ3v) is 4.20. The van der Waals surface area contributed by atoms with E-state index in [2.05, 4.69) is 0 Å². The minimum atomic E-state index is -2.99. The zero-order valence-corrected chi connectivity index (χ0v) is 11.3. The van der Waals surface area contributed by atoms with E-state index in [4.69, 9.17) is 10.5 Å². The predicted octanol–water partition coefficient (Wildman–Crippen LogP) is 1.70. The summed E-state index contributed by atoms with van der Waals surface area (Å²) in [5.74, 6) is 0.747. The normalized spacial score (nSPS) is 11.5. The highest BCUT2D eigenvalue weighted by Crippen LogP contribution is 2.27. The van der Waals surface area contributed by atoms with Crippen LogP contribution >= 0.6 is 0 Å². The standard InChI is InChI=1S/C12H19NO3S/c1-4-17(14,15)6-5-16-12-10(3)7-9(2)8-11(12)13/h7-8H,4-6,13H2,1-3H3. The number of aryl methyl sites for hydroxylation is 2. The number of sulfone groups is 1. The van der Waals surface area contributed by atoms with Gasteiger partial charge in [-0.2, -0.15) is 0 Å². The second kappa shape index (κ2) is 5.40. The van der Waals surface area contributed by atoms with Crippen molar-refractivity contribution in [3.8, 4) is 5.75 Å². The van der Waals surface area contributed by atoms with Gasteiger partial charge in [-0.3, -0.25) is 0 Å². The summed E-state index contributed by atoms with van der Waals surface area (Å²) in [5, 5.41) is 0. The predicted molar refractivity (Wildman–Crippen MR) is 70.2 cm³/mol. The molecule has 0 fully saturated rings. The topological polar surface area (TPSA) is 69.4 Å². The van der Waals surface area contributed by atoms with Gasteiger partial charge in [0.1, 0.15) is 12.4 Å². The SMILES string of the molecule is CCS(=O)(=O)CCOc1c(C)cc(C)cc1N. The third-order valence-electron chi connectivity index (χ3n) is 2.53. The molecule has 0 heterocycles. The molecule has 0 spiro atoms. The average Bonchev–Trinajstić information content (AvgIpc) is 2.22. The van der Waals surface area contributed by atoms with Crippen molar-refractivity contribution in [1.82, 2.24) is 0 Å². The fraction of sp³-hybridized carbons (Fsp3) is 0.500. The summed E-state index contributed by atoms with van der Waals surface area (Å²) in [6, 6.07) is 3.77. The van der Waals surface area contributed by atoms with Crippen LogP contribution in [0.15, 0.2) is 12.1 Å². The molecule has 0 bridgehead atoms. The molecule has 0 aliphatic rings. The van der Waals surface area contributed by atoms with Crippen LogP contribution in [0.1, 0.15) is 18.1 Å². The summed E-state index contributed by atoms with van der Waals surface area (Å²) < 4.78 is 28.1. The Bertz CT molecular complexity index is 471. The minimum Gasteiger partial charge on any atom is -0.490 e. The molecule has 5 heteroatoms. The molecule has 0 amide bonds. The van der Waals surface area contributed by atoms with Crippen LogP contribution < -0.4 is 10.5 Å². The molecule has 0 atom stereocenters. The van der Waals surface area contributed by atoms with Crippen molar-refractivity contribution in [1.29, 1.82) is 0 Å². The van der Waals surface area contributed by atoms with Gasteiger partial charge in [0, 0.05) is 5.75 Å². The summed E-state index contributed by atoms with van der Waals surface area (Å²) in [4.78, 5) is 0. The summed E-state index contributed by atoms with van der Waals surface area (Å²) in [6.07, 6.45) is 0. The first-order valence-electron chi connectivity index (χ1n) is 5.55. The van der Waals surface area contributed by atoms with Gasteiger partial charge in [-0.25, -0.2) is 8.42 Å². The van der Waals surface area contributed by atoms with E-state index in [0.29, 0.717) is 11.4 Å². The van der Waals surface area contributed by atoms with Gasteiger partial charge in [0.05, 0.1) is 11.4 Å². The maximum atomic E-state index is 11.3. The minimum absolute atomic E-state index is 0.0241. The lowest BCUT2D eigenvalue weighted by Gasteiger charge is -2.12. The molecule has 1 rings (SSSR count). The van der Waals surface area contributed by atoms with Crippen molar-refractivity contribution in [3.05, 3.63) is 23.3 Å². The summed E-state index contributed by atoms with van der Waals surface area (Å²) in [7, 11) is -2.99. The van der Waals surface area contributed by atoms with Crippen LogP contribution in [0.25, 0.3) is 0 Å². The van der Waals surface area contributed by atoms with Crippen LogP contribution in [-0.4, -0.2) is 26.5 Å². The van der Waals surface area contributed by atoms with Crippen molar-refractivity contribution in [2.75, 3.05) is 23.8 Å². The van der Waals surface area contributed by atoms with E-state index in [1.165, 1.54) is 0 Å². The van der Waals surface area contributed by atoms with E-state index in [1.54, 1.807) is 6.92 Å². The smallest absolute Gasteiger partial charge is 0.153 e. The van der Waals surface area contributed by atoms with Gasteiger partial charge >= 0.3 is 0 Å². The third kappa shape index (κ3) is 3.93. The van der Waals surface area contributed by atoms with Crippen LogP contribution in [0.2, 0.25) is 0 Å². The molecule has 0 aromatic heterocycles. The number of rotatable bonds is 5. The van der Waals surface area contributed by atoms with Crippen LogP contribution in [0.4, 0.5) is 5.69 Å². The molecule has 0 unspecified atom stereocenters. The zero-order chi connectivity index (χ0) is 13.1. The number of anilines is 1. The number of hydrogen-bond acceptors (Lipinski definition) is 4. The van der Waals surface area contributed by atoms with Gasteiger partial charge in [0.25, 0.3) is 0 Å². The molecule has 17 heavy (non-hydrogen) atoms. The highest BCUT2D eigenvalue weighted by atomic mass is 32.2. The molecule has 2 N–H and O–H groups in total. The van der Waals surface area contributed by atoms with Crippen molar-refractivity contribution < 1.29 is 13.2 Å². The molecule has 0 radical (unpaired) electrons. The number of ether oxygens (including phenoxy) is 1. The van der Waals surface area contributed by atoms with Crippen LogP contribution in [0.3, 0.4) is 0 Å². The average molecular weight is 257 g/mol. The van der Waals surface area contributed by atoms with Crippen LogP contribution in [-0.2, 0) is 9.84 Å². The fourth-order valence-electron chi connectivity index (χ4n) is 1.60. The molecule has 0 saturated heterocycles. The molecule has 0 aliphatic heterocycles. The molecule has 1 aromatic carbocycles. The lowest BCUT2D eigenvalue weighted by atomic mass is 10.1. The quantitative estimate of drug-likeness (QED) is 0.815. The molecule has 4 nitrogen and oxygen atoms in total. The van der Waals surface area contributed by atoms with E-state index in [9.17, 15) is 8.42 Å². The second-order valence-corrected chi connectivity index (χ2v) is 6.56. The van der Waals surface area contributed by atoms with E-state index in [0.717, 1.165) is 11.1 Å². The highest BCUT2D eigenvalue weighted by Gasteiger charge is 2.10. The van der Waals surface area contributed by atoms with Gasteiger partial charge in [-0.1, -0.05) is 13.0 Å². The van der Waals surface area contributed by atoms with Gasteiger partial charge < -0.3 is 10.5 Å². The van der Waals surface area contributed by atoms with Gasteiger partial charge in [-0.05, 0) is 31.0 Å². The number of nitrogens with two attached hydrogens (primary N) is 1. The number of nitrogen functional groups attached to an aromatic ring is 1. The number of hydrogen-bond donors (Lipinski definition) is 1. The van der Waals surface area contributed by atoms with E-state index >= 15 is 0 Å². The molecule has 96 valence electrons. The summed E-state index contributed by atoms with van der Waals surface area (Å²) in [6.45, 7) is 5.62. The van der Waals surface area contributed by atoms with Gasteiger partial charge in [-0.15, -0.1) is 0 Å². The first-order valence-corrected chi connectivity index (χ1v) is 7.38. The Kier molecular flexibility index (Phi) is 4.40. The Labute approximate surface area is 103 Å². The van der Waals surface area contributed by atoms with Gasteiger partial charge in [0.2, 0.25) is 0 Å². The van der Waals surface area contributed by atoms with Gasteiger partial charge in [0.15, 0.2) is 9.84 Å². The Morgan fingerprint density at radius 3 is 2.47 bits per heavy atom. The van der Waals surface area contributed by atoms with Crippen LogP contribution in [0, 0.1) is 13.8 Å². The van der Waals surface area contributed by atoms with E-state index < -0.39 is 9.84 Å². The molecule has 0 aliphatic carbocycles. The molecule has 0 saturated carbocycles.